The first-order chi connectivity index (χ1) is 9.25. The highest BCUT2D eigenvalue weighted by Crippen LogP contribution is 2.37. The fourth-order valence-corrected chi connectivity index (χ4v) is 1.85. The average molecular weight is 277 g/mol. The number of hydrogen-bond acceptors (Lipinski definition) is 4. The van der Waals surface area contributed by atoms with E-state index in [-0.39, 0.29) is 5.56 Å². The summed E-state index contributed by atoms with van der Waals surface area (Å²) in [6.07, 6.45) is 3.55. The Morgan fingerprint density at radius 1 is 1.20 bits per heavy atom. The van der Waals surface area contributed by atoms with E-state index in [0.717, 1.165) is 6.07 Å². The molecule has 0 saturated carbocycles. The largest absolute Gasteiger partial charge is 0.487 e. The summed E-state index contributed by atoms with van der Waals surface area (Å²) in [5.74, 6) is 1.01. The van der Waals surface area contributed by atoms with Crippen LogP contribution < -0.4 is 0 Å². The van der Waals surface area contributed by atoms with Crippen LogP contribution in [0.1, 0.15) is 43.6 Å². The molecule has 4 nitrogen and oxygen atoms in total. The third-order valence-electron chi connectivity index (χ3n) is 3.77. The molecule has 0 spiro atoms. The smallest absolute Gasteiger partial charge is 0.400 e. The van der Waals surface area contributed by atoms with Crippen molar-refractivity contribution in [2.75, 3.05) is 0 Å². The summed E-state index contributed by atoms with van der Waals surface area (Å²) >= 11 is 0. The van der Waals surface area contributed by atoms with Crippen LogP contribution in [0.25, 0.3) is 6.08 Å². The van der Waals surface area contributed by atoms with Gasteiger partial charge in [0.25, 0.3) is 0 Å². The number of carbonyl (C=O) groups excluding carboxylic acids is 1. The Balaban J connectivity index is 2.18. The van der Waals surface area contributed by atoms with Gasteiger partial charge in [-0.1, -0.05) is 12.1 Å². The molecule has 1 saturated heterocycles. The summed E-state index contributed by atoms with van der Waals surface area (Å²) < 4.78 is 24.5. The maximum atomic E-state index is 12.9. The van der Waals surface area contributed by atoms with Crippen molar-refractivity contribution < 1.29 is 18.5 Å². The fraction of sp³-hybridized carbons (Fsp3) is 0.429. The van der Waals surface area contributed by atoms with Gasteiger partial charge >= 0.3 is 7.12 Å². The summed E-state index contributed by atoms with van der Waals surface area (Å²) in [5, 5.41) is 0. The topological polar surface area (TPSA) is 48.4 Å². The molecule has 1 aromatic rings. The third-order valence-corrected chi connectivity index (χ3v) is 3.77. The quantitative estimate of drug-likeness (QED) is 0.484. The highest BCUT2D eigenvalue weighted by Gasteiger charge is 2.49. The Labute approximate surface area is 118 Å². The van der Waals surface area contributed by atoms with Crippen LogP contribution in [0.4, 0.5) is 4.39 Å². The van der Waals surface area contributed by atoms with Crippen molar-refractivity contribution in [3.63, 3.8) is 0 Å². The van der Waals surface area contributed by atoms with E-state index in [9.17, 15) is 9.18 Å². The van der Waals surface area contributed by atoms with E-state index >= 15 is 0 Å². The van der Waals surface area contributed by atoms with Crippen LogP contribution in [0.15, 0.2) is 18.2 Å². The van der Waals surface area contributed by atoms with E-state index in [4.69, 9.17) is 9.31 Å². The second-order valence-electron chi connectivity index (χ2n) is 5.74. The van der Waals surface area contributed by atoms with Gasteiger partial charge in [-0.15, -0.1) is 0 Å². The molecule has 0 bridgehead atoms. The molecule has 0 radical (unpaired) electrons. The van der Waals surface area contributed by atoms with Gasteiger partial charge in [0.05, 0.1) is 11.2 Å². The molecule has 0 aliphatic carbocycles. The van der Waals surface area contributed by atoms with Crippen LogP contribution in [-0.2, 0) is 9.31 Å². The summed E-state index contributed by atoms with van der Waals surface area (Å²) in [7, 11) is -0.510. The number of aromatic nitrogens is 1. The van der Waals surface area contributed by atoms with Gasteiger partial charge < -0.3 is 9.31 Å². The molecule has 106 valence electrons. The normalized spacial score (nSPS) is 20.6. The molecule has 0 aromatic carbocycles. The van der Waals surface area contributed by atoms with Crippen LogP contribution in [0.5, 0.6) is 0 Å². The molecule has 2 rings (SSSR count). The number of hydrogen-bond donors (Lipinski definition) is 0. The minimum Gasteiger partial charge on any atom is -0.400 e. The van der Waals surface area contributed by atoms with Crippen LogP contribution in [0, 0.1) is 5.95 Å². The van der Waals surface area contributed by atoms with Crippen molar-refractivity contribution in [3.8, 4) is 0 Å². The lowest BCUT2D eigenvalue weighted by molar-refractivity contribution is 0.00578. The highest BCUT2D eigenvalue weighted by molar-refractivity contribution is 6.52. The van der Waals surface area contributed by atoms with E-state index in [1.54, 1.807) is 12.1 Å². The van der Waals surface area contributed by atoms with Crippen LogP contribution in [0.2, 0.25) is 0 Å². The summed E-state index contributed by atoms with van der Waals surface area (Å²) in [5.41, 5.74) is -0.0750. The van der Waals surface area contributed by atoms with E-state index in [0.29, 0.717) is 11.8 Å². The third kappa shape index (κ3) is 2.81. The van der Waals surface area contributed by atoms with Crippen molar-refractivity contribution in [1.29, 1.82) is 0 Å². The Morgan fingerprint density at radius 2 is 1.80 bits per heavy atom. The molecular formula is C14H17BFNO3. The maximum Gasteiger partial charge on any atom is 0.487 e. The number of pyridine rings is 1. The van der Waals surface area contributed by atoms with Crippen molar-refractivity contribution in [2.24, 2.45) is 0 Å². The van der Waals surface area contributed by atoms with E-state index < -0.39 is 24.3 Å². The van der Waals surface area contributed by atoms with Gasteiger partial charge in [-0.05, 0) is 27.7 Å². The van der Waals surface area contributed by atoms with Crippen molar-refractivity contribution in [1.82, 2.24) is 4.98 Å². The number of carbonyl (C=O) groups is 1. The fourth-order valence-electron chi connectivity index (χ4n) is 1.85. The molecule has 6 heteroatoms. The zero-order valence-corrected chi connectivity index (χ0v) is 12.0. The van der Waals surface area contributed by atoms with Gasteiger partial charge in [-0.3, -0.25) is 4.79 Å². The van der Waals surface area contributed by atoms with E-state index in [1.807, 2.05) is 27.7 Å². The van der Waals surface area contributed by atoms with Gasteiger partial charge in [-0.2, -0.15) is 4.39 Å². The van der Waals surface area contributed by atoms with E-state index in [1.165, 1.54) is 6.20 Å². The van der Waals surface area contributed by atoms with Gasteiger partial charge in [-0.25, -0.2) is 4.98 Å². The standard InChI is InChI=1S/C14H17BFNO3/c1-13(2)14(3,4)20-15(19-13)6-5-10-8-17-12(16)7-11(10)9-18/h5-9H,1-4H3/b6-5+. The summed E-state index contributed by atoms with van der Waals surface area (Å²) in [6.45, 7) is 7.82. The highest BCUT2D eigenvalue weighted by atomic mass is 19.1. The molecule has 0 amide bonds. The summed E-state index contributed by atoms with van der Waals surface area (Å²) in [6, 6.07) is 1.09. The Hall–Kier alpha value is -1.53. The van der Waals surface area contributed by atoms with Crippen molar-refractivity contribution in [3.05, 3.63) is 35.3 Å². The van der Waals surface area contributed by atoms with Crippen molar-refractivity contribution >= 4 is 19.5 Å². The molecule has 1 aliphatic heterocycles. The van der Waals surface area contributed by atoms with Crippen molar-refractivity contribution in [2.45, 2.75) is 38.9 Å². The van der Waals surface area contributed by atoms with Crippen LogP contribution in [0.3, 0.4) is 0 Å². The maximum absolute atomic E-state index is 12.9. The molecule has 1 aliphatic rings. The minimum absolute atomic E-state index is 0.241. The molecular weight excluding hydrogens is 260 g/mol. The molecule has 0 atom stereocenters. The minimum atomic E-state index is -0.681. The first-order valence-electron chi connectivity index (χ1n) is 6.40. The zero-order chi connectivity index (χ0) is 15.0. The second-order valence-corrected chi connectivity index (χ2v) is 5.74. The van der Waals surface area contributed by atoms with Gasteiger partial charge in [0.2, 0.25) is 5.95 Å². The predicted octanol–water partition coefficient (Wildman–Crippen LogP) is 2.68. The molecule has 0 unspecified atom stereocenters. The monoisotopic (exact) mass is 277 g/mol. The Bertz CT molecular complexity index is 541. The lowest BCUT2D eigenvalue weighted by atomic mass is 9.89. The summed E-state index contributed by atoms with van der Waals surface area (Å²) in [4.78, 5) is 14.4. The molecule has 0 N–H and O–H groups in total. The molecule has 2 heterocycles. The first kappa shape index (κ1) is 14.9. The van der Waals surface area contributed by atoms with Gasteiger partial charge in [0.15, 0.2) is 6.29 Å². The predicted molar refractivity (Wildman–Crippen MR) is 74.7 cm³/mol. The lowest BCUT2D eigenvalue weighted by Gasteiger charge is -2.32. The van der Waals surface area contributed by atoms with Crippen LogP contribution >= 0.6 is 0 Å². The Morgan fingerprint density at radius 3 is 2.35 bits per heavy atom. The van der Waals surface area contributed by atoms with Gasteiger partial charge in [0, 0.05) is 23.4 Å². The number of halogens is 1. The second kappa shape index (κ2) is 5.11. The van der Waals surface area contributed by atoms with Crippen LogP contribution in [-0.4, -0.2) is 29.6 Å². The van der Waals surface area contributed by atoms with E-state index in [2.05, 4.69) is 4.98 Å². The zero-order valence-electron chi connectivity index (χ0n) is 12.0. The SMILES string of the molecule is CC1(C)OB(/C=C/c2cnc(F)cc2C=O)OC1(C)C. The number of nitrogens with zero attached hydrogens (tertiary/aromatic N) is 1. The first-order valence-corrected chi connectivity index (χ1v) is 6.40. The van der Waals surface area contributed by atoms with Gasteiger partial charge in [0.1, 0.15) is 0 Å². The lowest BCUT2D eigenvalue weighted by Crippen LogP contribution is -2.41. The number of aldehydes is 1. The average Bonchev–Trinajstić information content (AvgIpc) is 2.56. The molecule has 1 fully saturated rings. The molecule has 20 heavy (non-hydrogen) atoms. The molecule has 1 aromatic heterocycles. The Kier molecular flexibility index (Phi) is 3.80. The number of rotatable bonds is 3.